The van der Waals surface area contributed by atoms with Crippen molar-refractivity contribution in [3.05, 3.63) is 48.0 Å². The number of hydrogen-bond donors (Lipinski definition) is 0. The van der Waals surface area contributed by atoms with Crippen LogP contribution in [0.5, 0.6) is 0 Å². The summed E-state index contributed by atoms with van der Waals surface area (Å²) in [5.74, 6) is -1.57. The fraction of sp³-hybridized carbons (Fsp3) is 0.167. The Morgan fingerprint density at radius 1 is 1.22 bits per heavy atom. The number of para-hydroxylation sites is 1. The quantitative estimate of drug-likeness (QED) is 0.772. The third-order valence-corrected chi connectivity index (χ3v) is 2.44. The molecule has 0 fully saturated rings. The van der Waals surface area contributed by atoms with Crippen molar-refractivity contribution >= 4 is 5.78 Å². The molecule has 3 nitrogen and oxygen atoms in total. The Balaban J connectivity index is 2.56. The van der Waals surface area contributed by atoms with Crippen molar-refractivity contribution in [3.63, 3.8) is 0 Å². The van der Waals surface area contributed by atoms with Crippen LogP contribution in [0.25, 0.3) is 5.69 Å². The van der Waals surface area contributed by atoms with E-state index in [9.17, 15) is 18.0 Å². The van der Waals surface area contributed by atoms with Gasteiger partial charge in [0.25, 0.3) is 5.78 Å². The minimum absolute atomic E-state index is 0.328. The number of carbonyl (C=O) groups excluding carboxylic acids is 1. The van der Waals surface area contributed by atoms with Crippen molar-refractivity contribution < 1.29 is 18.0 Å². The molecule has 0 radical (unpaired) electrons. The summed E-state index contributed by atoms with van der Waals surface area (Å²) in [6.07, 6.45) is -3.96. The van der Waals surface area contributed by atoms with E-state index in [1.807, 2.05) is 0 Å². The summed E-state index contributed by atoms with van der Waals surface area (Å²) in [6.45, 7) is 1.54. The molecule has 1 heterocycles. The fourth-order valence-corrected chi connectivity index (χ4v) is 1.65. The van der Waals surface area contributed by atoms with E-state index in [1.165, 1.54) is 4.57 Å². The molecule has 6 heteroatoms. The lowest BCUT2D eigenvalue weighted by Crippen LogP contribution is -2.25. The Labute approximate surface area is 101 Å². The number of alkyl halides is 3. The summed E-state index contributed by atoms with van der Waals surface area (Å²) in [7, 11) is 0. The molecule has 0 atom stereocenters. The van der Waals surface area contributed by atoms with Gasteiger partial charge >= 0.3 is 6.18 Å². The number of halogens is 3. The number of rotatable bonds is 2. The molecule has 0 saturated carbocycles. The second-order valence-electron chi connectivity index (χ2n) is 3.69. The number of imidazole rings is 1. The van der Waals surface area contributed by atoms with Gasteiger partial charge in [0.15, 0.2) is 0 Å². The molecule has 0 aliphatic heterocycles. The number of benzene rings is 1. The van der Waals surface area contributed by atoms with Crippen molar-refractivity contribution in [2.24, 2.45) is 0 Å². The molecule has 0 unspecified atom stereocenters. The van der Waals surface area contributed by atoms with Gasteiger partial charge in [-0.2, -0.15) is 13.2 Å². The molecular formula is C12H9F3N2O. The molecule has 1 aromatic carbocycles. The van der Waals surface area contributed by atoms with E-state index in [2.05, 4.69) is 4.98 Å². The molecule has 18 heavy (non-hydrogen) atoms. The molecule has 0 spiro atoms. The molecule has 0 saturated heterocycles. The molecule has 0 bridgehead atoms. The summed E-state index contributed by atoms with van der Waals surface area (Å²) in [4.78, 5) is 15.1. The highest BCUT2D eigenvalue weighted by molar-refractivity contribution is 5.99. The van der Waals surface area contributed by atoms with Crippen molar-refractivity contribution in [3.8, 4) is 5.69 Å². The third kappa shape index (κ3) is 2.13. The van der Waals surface area contributed by atoms with Crippen molar-refractivity contribution in [2.45, 2.75) is 13.1 Å². The van der Waals surface area contributed by atoms with Gasteiger partial charge in [0.05, 0.1) is 6.20 Å². The van der Waals surface area contributed by atoms with Gasteiger partial charge in [0, 0.05) is 5.69 Å². The Kier molecular flexibility index (Phi) is 2.94. The van der Waals surface area contributed by atoms with Gasteiger partial charge in [-0.1, -0.05) is 18.2 Å². The smallest absolute Gasteiger partial charge is 0.294 e. The van der Waals surface area contributed by atoms with Crippen LogP contribution in [-0.4, -0.2) is 21.5 Å². The maximum atomic E-state index is 12.4. The molecule has 94 valence electrons. The van der Waals surface area contributed by atoms with Crippen LogP contribution in [0.4, 0.5) is 13.2 Å². The Hall–Kier alpha value is -2.11. The first-order chi connectivity index (χ1) is 8.41. The number of nitrogens with zero attached hydrogens (tertiary/aromatic N) is 2. The van der Waals surface area contributed by atoms with Crippen LogP contribution in [0.2, 0.25) is 0 Å². The molecular weight excluding hydrogens is 245 g/mol. The zero-order chi connectivity index (χ0) is 13.3. The summed E-state index contributed by atoms with van der Waals surface area (Å²) in [6, 6.07) is 8.32. The summed E-state index contributed by atoms with van der Waals surface area (Å²) in [5, 5.41) is 0. The van der Waals surface area contributed by atoms with E-state index in [4.69, 9.17) is 0 Å². The predicted molar refractivity (Wildman–Crippen MR) is 58.7 cm³/mol. The van der Waals surface area contributed by atoms with Gasteiger partial charge in [-0.3, -0.25) is 9.36 Å². The average molecular weight is 254 g/mol. The zero-order valence-electron chi connectivity index (χ0n) is 9.40. The van der Waals surface area contributed by atoms with E-state index >= 15 is 0 Å². The normalized spacial score (nSPS) is 11.6. The summed E-state index contributed by atoms with van der Waals surface area (Å²) < 4.78 is 38.5. The number of aryl methyl sites for hydroxylation is 1. The first-order valence-corrected chi connectivity index (χ1v) is 5.12. The Morgan fingerprint density at radius 3 is 2.39 bits per heavy atom. The van der Waals surface area contributed by atoms with Gasteiger partial charge in [-0.15, -0.1) is 0 Å². The lowest BCUT2D eigenvalue weighted by atomic mass is 10.2. The van der Waals surface area contributed by atoms with Crippen LogP contribution >= 0.6 is 0 Å². The standard InChI is InChI=1S/C12H9F3N2O/c1-8-16-7-10(11(18)12(13,14)15)17(8)9-5-3-2-4-6-9/h2-7H,1H3. The Bertz CT molecular complexity index is 573. The minimum Gasteiger partial charge on any atom is -0.294 e. The van der Waals surface area contributed by atoms with Gasteiger partial charge in [-0.25, -0.2) is 4.98 Å². The van der Waals surface area contributed by atoms with Crippen LogP contribution in [0.15, 0.2) is 36.5 Å². The molecule has 0 N–H and O–H groups in total. The Morgan fingerprint density at radius 2 is 1.83 bits per heavy atom. The topological polar surface area (TPSA) is 34.9 Å². The van der Waals surface area contributed by atoms with Gasteiger partial charge in [0.1, 0.15) is 11.5 Å². The van der Waals surface area contributed by atoms with Gasteiger partial charge in [-0.05, 0) is 19.1 Å². The molecule has 0 aliphatic carbocycles. The average Bonchev–Trinajstić information content (AvgIpc) is 2.70. The van der Waals surface area contributed by atoms with Crippen LogP contribution in [0, 0.1) is 6.92 Å². The number of aromatic nitrogens is 2. The van der Waals surface area contributed by atoms with Crippen molar-refractivity contribution in [1.82, 2.24) is 9.55 Å². The van der Waals surface area contributed by atoms with Crippen molar-refractivity contribution in [1.29, 1.82) is 0 Å². The van der Waals surface area contributed by atoms with Crippen molar-refractivity contribution in [2.75, 3.05) is 0 Å². The monoisotopic (exact) mass is 254 g/mol. The minimum atomic E-state index is -4.90. The number of carbonyl (C=O) groups is 1. The van der Waals surface area contributed by atoms with E-state index in [1.54, 1.807) is 37.3 Å². The second kappa shape index (κ2) is 4.29. The fourth-order valence-electron chi connectivity index (χ4n) is 1.65. The van der Waals surface area contributed by atoms with E-state index < -0.39 is 17.7 Å². The maximum absolute atomic E-state index is 12.4. The van der Waals surface area contributed by atoms with Crippen LogP contribution < -0.4 is 0 Å². The maximum Gasteiger partial charge on any atom is 0.456 e. The molecule has 0 amide bonds. The number of ketones is 1. The molecule has 2 rings (SSSR count). The van der Waals surface area contributed by atoms with E-state index in [0.717, 1.165) is 6.20 Å². The summed E-state index contributed by atoms with van der Waals surface area (Å²) in [5.41, 5.74) is -0.00806. The van der Waals surface area contributed by atoms with Gasteiger partial charge < -0.3 is 0 Å². The summed E-state index contributed by atoms with van der Waals surface area (Å²) >= 11 is 0. The van der Waals surface area contributed by atoms with Crippen LogP contribution in [-0.2, 0) is 0 Å². The first kappa shape index (κ1) is 12.3. The molecule has 2 aromatic rings. The highest BCUT2D eigenvalue weighted by Gasteiger charge is 2.41. The van der Waals surface area contributed by atoms with Gasteiger partial charge in [0.2, 0.25) is 0 Å². The highest BCUT2D eigenvalue weighted by Crippen LogP contribution is 2.24. The van der Waals surface area contributed by atoms with E-state index in [0.29, 0.717) is 11.5 Å². The second-order valence-corrected chi connectivity index (χ2v) is 3.69. The first-order valence-electron chi connectivity index (χ1n) is 5.12. The van der Waals surface area contributed by atoms with Crippen LogP contribution in [0.1, 0.15) is 16.3 Å². The van der Waals surface area contributed by atoms with Crippen LogP contribution in [0.3, 0.4) is 0 Å². The number of Topliss-reactive ketones (excluding diaryl/α,β-unsaturated/α-hetero) is 1. The van der Waals surface area contributed by atoms with E-state index in [-0.39, 0.29) is 0 Å². The molecule has 0 aliphatic rings. The lowest BCUT2D eigenvalue weighted by Gasteiger charge is -2.10. The largest absolute Gasteiger partial charge is 0.456 e. The SMILES string of the molecule is Cc1ncc(C(=O)C(F)(F)F)n1-c1ccccc1. The molecule has 1 aromatic heterocycles. The predicted octanol–water partition coefficient (Wildman–Crippen LogP) is 2.93. The highest BCUT2D eigenvalue weighted by atomic mass is 19.4. The zero-order valence-corrected chi connectivity index (χ0v) is 9.40. The third-order valence-electron chi connectivity index (χ3n) is 2.44. The lowest BCUT2D eigenvalue weighted by molar-refractivity contribution is -0.0889. The number of hydrogen-bond acceptors (Lipinski definition) is 2.